The van der Waals surface area contributed by atoms with Crippen molar-refractivity contribution in [1.82, 2.24) is 4.98 Å². The summed E-state index contributed by atoms with van der Waals surface area (Å²) in [6.45, 7) is 4.52. The van der Waals surface area contributed by atoms with Crippen LogP contribution < -0.4 is 5.32 Å². The lowest BCUT2D eigenvalue weighted by atomic mass is 10.1. The van der Waals surface area contributed by atoms with Gasteiger partial charge in [0, 0.05) is 12.7 Å². The largest absolute Gasteiger partial charge is 0.465 e. The Kier molecular flexibility index (Phi) is 5.58. The molecule has 2 N–H and O–H groups in total. The smallest absolute Gasteiger partial charge is 0.338 e. The maximum atomic E-state index is 11.3. The van der Waals surface area contributed by atoms with Gasteiger partial charge in [0.15, 0.2) is 0 Å². The zero-order chi connectivity index (χ0) is 13.5. The zero-order valence-corrected chi connectivity index (χ0v) is 11.0. The Bertz CT molecular complexity index is 394. The van der Waals surface area contributed by atoms with Crippen LogP contribution in [0.15, 0.2) is 18.3 Å². The Balaban J connectivity index is 2.55. The number of hydrogen-bond acceptors (Lipinski definition) is 5. The molecule has 0 aliphatic rings. The van der Waals surface area contributed by atoms with Gasteiger partial charge in [-0.1, -0.05) is 13.8 Å². The molecule has 1 aromatic heterocycles. The number of hydrogen-bond donors (Lipinski definition) is 2. The first-order valence-electron chi connectivity index (χ1n) is 5.99. The van der Waals surface area contributed by atoms with Crippen LogP contribution >= 0.6 is 0 Å². The Morgan fingerprint density at radius 1 is 1.56 bits per heavy atom. The van der Waals surface area contributed by atoms with Crippen LogP contribution in [0.5, 0.6) is 0 Å². The summed E-state index contributed by atoms with van der Waals surface area (Å²) >= 11 is 0. The molecule has 0 bridgehead atoms. The van der Waals surface area contributed by atoms with Crippen LogP contribution in [0.3, 0.4) is 0 Å². The third-order valence-corrected chi connectivity index (χ3v) is 2.44. The van der Waals surface area contributed by atoms with Crippen molar-refractivity contribution in [3.63, 3.8) is 0 Å². The van der Waals surface area contributed by atoms with Gasteiger partial charge in [0.2, 0.25) is 0 Å². The first-order valence-corrected chi connectivity index (χ1v) is 5.99. The summed E-state index contributed by atoms with van der Waals surface area (Å²) in [7, 11) is 1.34. The van der Waals surface area contributed by atoms with E-state index in [9.17, 15) is 9.90 Å². The standard InChI is InChI=1S/C13H20N2O3/c1-9(2)6-11(16)8-15-12-7-10(4-5-14-12)13(17)18-3/h4-5,7,9,11,16H,6,8H2,1-3H3,(H,14,15). The summed E-state index contributed by atoms with van der Waals surface area (Å²) < 4.78 is 4.63. The van der Waals surface area contributed by atoms with Gasteiger partial charge >= 0.3 is 5.97 Å². The van der Waals surface area contributed by atoms with E-state index in [1.807, 2.05) is 0 Å². The molecule has 0 spiro atoms. The lowest BCUT2D eigenvalue weighted by Crippen LogP contribution is -2.21. The topological polar surface area (TPSA) is 71.5 Å². The van der Waals surface area contributed by atoms with Crippen molar-refractivity contribution in [2.75, 3.05) is 19.0 Å². The van der Waals surface area contributed by atoms with Gasteiger partial charge in [-0.05, 0) is 24.5 Å². The van der Waals surface area contributed by atoms with Crippen LogP contribution in [-0.2, 0) is 4.74 Å². The molecular weight excluding hydrogens is 232 g/mol. The molecule has 5 nitrogen and oxygen atoms in total. The van der Waals surface area contributed by atoms with Crippen molar-refractivity contribution < 1.29 is 14.6 Å². The van der Waals surface area contributed by atoms with Gasteiger partial charge in [-0.3, -0.25) is 0 Å². The number of aliphatic hydroxyl groups excluding tert-OH is 1. The normalized spacial score (nSPS) is 12.3. The highest BCUT2D eigenvalue weighted by Crippen LogP contribution is 2.09. The molecule has 0 fully saturated rings. The van der Waals surface area contributed by atoms with Crippen LogP contribution in [0, 0.1) is 5.92 Å². The second-order valence-electron chi connectivity index (χ2n) is 4.59. The number of anilines is 1. The molecule has 0 saturated carbocycles. The number of rotatable bonds is 6. The third kappa shape index (κ3) is 4.71. The molecule has 1 aromatic rings. The fraction of sp³-hybridized carbons (Fsp3) is 0.538. The molecule has 0 aliphatic carbocycles. The highest BCUT2D eigenvalue weighted by atomic mass is 16.5. The Morgan fingerprint density at radius 2 is 2.28 bits per heavy atom. The minimum Gasteiger partial charge on any atom is -0.465 e. The summed E-state index contributed by atoms with van der Waals surface area (Å²) in [4.78, 5) is 15.4. The number of pyridine rings is 1. The number of aliphatic hydroxyl groups is 1. The van der Waals surface area contributed by atoms with Crippen LogP contribution in [0.4, 0.5) is 5.82 Å². The maximum Gasteiger partial charge on any atom is 0.338 e. The van der Waals surface area contributed by atoms with Crippen molar-refractivity contribution in [1.29, 1.82) is 0 Å². The van der Waals surface area contributed by atoms with E-state index in [2.05, 4.69) is 28.9 Å². The number of nitrogens with zero attached hydrogens (tertiary/aromatic N) is 1. The fourth-order valence-electron chi connectivity index (χ4n) is 1.62. The summed E-state index contributed by atoms with van der Waals surface area (Å²) in [5.41, 5.74) is 0.438. The minimum absolute atomic E-state index is 0.400. The van der Waals surface area contributed by atoms with E-state index in [0.29, 0.717) is 23.8 Å². The number of carbonyl (C=O) groups excluding carboxylic acids is 1. The summed E-state index contributed by atoms with van der Waals surface area (Å²) in [6, 6.07) is 3.19. The first kappa shape index (κ1) is 14.4. The van der Waals surface area contributed by atoms with Gasteiger partial charge in [0.05, 0.1) is 18.8 Å². The molecule has 0 radical (unpaired) electrons. The Labute approximate surface area is 107 Å². The maximum absolute atomic E-state index is 11.3. The molecule has 0 aromatic carbocycles. The lowest BCUT2D eigenvalue weighted by Gasteiger charge is -2.14. The summed E-state index contributed by atoms with van der Waals surface area (Å²) in [5.74, 6) is 0.597. The van der Waals surface area contributed by atoms with E-state index < -0.39 is 12.1 Å². The SMILES string of the molecule is COC(=O)c1ccnc(NCC(O)CC(C)C)c1. The lowest BCUT2D eigenvalue weighted by molar-refractivity contribution is 0.0600. The number of ether oxygens (including phenoxy) is 1. The molecule has 1 rings (SSSR count). The van der Waals surface area contributed by atoms with Crippen molar-refractivity contribution in [2.24, 2.45) is 5.92 Å². The number of esters is 1. The molecular formula is C13H20N2O3. The molecule has 18 heavy (non-hydrogen) atoms. The molecule has 0 aliphatic heterocycles. The van der Waals surface area contributed by atoms with E-state index in [1.54, 1.807) is 12.1 Å². The van der Waals surface area contributed by atoms with Gasteiger partial charge in [0.1, 0.15) is 5.82 Å². The van der Waals surface area contributed by atoms with Gasteiger partial charge in [-0.25, -0.2) is 9.78 Å². The van der Waals surface area contributed by atoms with Gasteiger partial charge in [-0.2, -0.15) is 0 Å². The molecule has 1 atom stereocenters. The van der Waals surface area contributed by atoms with E-state index in [-0.39, 0.29) is 0 Å². The minimum atomic E-state index is -0.423. The zero-order valence-electron chi connectivity index (χ0n) is 11.0. The molecule has 1 unspecified atom stereocenters. The number of methoxy groups -OCH3 is 1. The van der Waals surface area contributed by atoms with E-state index in [1.165, 1.54) is 13.3 Å². The van der Waals surface area contributed by atoms with Crippen LogP contribution in [0.1, 0.15) is 30.6 Å². The van der Waals surface area contributed by atoms with Crippen LogP contribution in [-0.4, -0.2) is 35.8 Å². The summed E-state index contributed by atoms with van der Waals surface area (Å²) in [5, 5.41) is 12.7. The average Bonchev–Trinajstić information content (AvgIpc) is 2.35. The quantitative estimate of drug-likeness (QED) is 0.754. The fourth-order valence-corrected chi connectivity index (χ4v) is 1.62. The molecule has 5 heteroatoms. The Morgan fingerprint density at radius 3 is 2.89 bits per heavy atom. The number of aromatic nitrogens is 1. The molecule has 100 valence electrons. The van der Waals surface area contributed by atoms with E-state index >= 15 is 0 Å². The number of carbonyl (C=O) groups is 1. The van der Waals surface area contributed by atoms with Crippen molar-refractivity contribution in [3.05, 3.63) is 23.9 Å². The molecule has 0 amide bonds. The monoisotopic (exact) mass is 252 g/mol. The van der Waals surface area contributed by atoms with Crippen LogP contribution in [0.25, 0.3) is 0 Å². The highest BCUT2D eigenvalue weighted by molar-refractivity contribution is 5.89. The van der Waals surface area contributed by atoms with Gasteiger partial charge in [-0.15, -0.1) is 0 Å². The second-order valence-corrected chi connectivity index (χ2v) is 4.59. The van der Waals surface area contributed by atoms with Crippen molar-refractivity contribution in [3.8, 4) is 0 Å². The van der Waals surface area contributed by atoms with Crippen molar-refractivity contribution in [2.45, 2.75) is 26.4 Å². The number of nitrogens with one attached hydrogen (secondary N) is 1. The van der Waals surface area contributed by atoms with E-state index in [4.69, 9.17) is 0 Å². The predicted octanol–water partition coefficient (Wildman–Crippen LogP) is 1.69. The molecule has 0 saturated heterocycles. The third-order valence-electron chi connectivity index (χ3n) is 2.44. The first-order chi connectivity index (χ1) is 8.52. The van der Waals surface area contributed by atoms with Gasteiger partial charge < -0.3 is 15.2 Å². The second kappa shape index (κ2) is 6.96. The van der Waals surface area contributed by atoms with Crippen LogP contribution in [0.2, 0.25) is 0 Å². The Hall–Kier alpha value is -1.62. The van der Waals surface area contributed by atoms with E-state index in [0.717, 1.165) is 6.42 Å². The van der Waals surface area contributed by atoms with Gasteiger partial charge in [0.25, 0.3) is 0 Å². The summed E-state index contributed by atoms with van der Waals surface area (Å²) in [6.07, 6.45) is 1.83. The average molecular weight is 252 g/mol. The van der Waals surface area contributed by atoms with Crippen molar-refractivity contribution >= 4 is 11.8 Å². The highest BCUT2D eigenvalue weighted by Gasteiger charge is 2.09. The molecule has 1 heterocycles. The predicted molar refractivity (Wildman–Crippen MR) is 69.5 cm³/mol.